The highest BCUT2D eigenvalue weighted by molar-refractivity contribution is 6.04. The molecule has 0 spiro atoms. The average Bonchev–Trinajstić information content (AvgIpc) is 1.60. The van der Waals surface area contributed by atoms with E-state index in [0.717, 1.165) is 42.7 Å². The minimum Gasteiger partial charge on any atom is -0.489 e. The molecule has 2 aromatic carbocycles. The number of benzene rings is 2. The van der Waals surface area contributed by atoms with E-state index in [1.165, 1.54) is 17.1 Å². The summed E-state index contributed by atoms with van der Waals surface area (Å²) < 4.78 is 18.1. The maximum Gasteiger partial charge on any atom is 0.257 e. The fourth-order valence-electron chi connectivity index (χ4n) is 8.14. The summed E-state index contributed by atoms with van der Waals surface area (Å²) >= 11 is 0. The fourth-order valence-corrected chi connectivity index (χ4v) is 8.14. The van der Waals surface area contributed by atoms with Crippen LogP contribution in [0.4, 0.5) is 5.69 Å². The van der Waals surface area contributed by atoms with Crippen LogP contribution in [0.3, 0.4) is 0 Å². The maximum absolute atomic E-state index is 13.9. The molecule has 3 atom stereocenters. The molecule has 4 aromatic heterocycles. The molecule has 19 nitrogen and oxygen atoms in total. The summed E-state index contributed by atoms with van der Waals surface area (Å²) in [5, 5.41) is 23.8. The summed E-state index contributed by atoms with van der Waals surface area (Å²) in [6.45, 7) is 51.7. The molecule has 2 fully saturated rings. The Bertz CT molecular complexity index is 3080. The molecule has 0 saturated carbocycles. The highest BCUT2D eigenvalue weighted by atomic mass is 16.5. The fraction of sp³-hybridized carbons (Fsp3) is 0.547. The van der Waals surface area contributed by atoms with Gasteiger partial charge < -0.3 is 45.6 Å². The number of rotatable bonds is 18. The van der Waals surface area contributed by atoms with Crippen molar-refractivity contribution in [2.75, 3.05) is 51.3 Å². The van der Waals surface area contributed by atoms with Crippen LogP contribution in [-0.4, -0.2) is 122 Å². The number of likely N-dealkylation sites (tertiary alicyclic amines) is 1. The largest absolute Gasteiger partial charge is 0.489 e. The average molecular weight is 1300 g/mol. The quantitative estimate of drug-likeness (QED) is 0.0502. The van der Waals surface area contributed by atoms with Gasteiger partial charge in [-0.3, -0.25) is 43.5 Å². The van der Waals surface area contributed by atoms with Crippen molar-refractivity contribution in [3.8, 4) is 5.75 Å². The zero-order valence-corrected chi connectivity index (χ0v) is 60.9. The van der Waals surface area contributed by atoms with E-state index in [1.54, 1.807) is 92.3 Å². The van der Waals surface area contributed by atoms with Crippen LogP contribution < -0.4 is 26.4 Å². The number of hydrogen-bond donors (Lipinski definition) is 5. The second-order valence-electron chi connectivity index (χ2n) is 31.4. The third-order valence-electron chi connectivity index (χ3n) is 12.3. The first-order valence-corrected chi connectivity index (χ1v) is 32.5. The minimum absolute atomic E-state index is 0.0188. The number of ether oxygens (including phenoxy) is 2. The van der Waals surface area contributed by atoms with Crippen molar-refractivity contribution in [2.24, 2.45) is 33.3 Å². The Morgan fingerprint density at radius 2 is 1.28 bits per heavy atom. The number of carbonyl (C=O) groups is 5. The number of morpholine rings is 1. The van der Waals surface area contributed by atoms with Gasteiger partial charge in [-0.25, -0.2) is 0 Å². The molecule has 520 valence electrons. The van der Waals surface area contributed by atoms with Crippen molar-refractivity contribution in [2.45, 2.75) is 195 Å². The van der Waals surface area contributed by atoms with Crippen LogP contribution in [0.2, 0.25) is 0 Å². The van der Waals surface area contributed by atoms with Crippen LogP contribution in [0, 0.1) is 34.5 Å². The number of nitrogens with two attached hydrogens (primary N) is 1. The summed E-state index contributed by atoms with van der Waals surface area (Å²) in [6, 6.07) is 25.1. The highest BCUT2D eigenvalue weighted by Crippen LogP contribution is 2.41. The number of nitrogens with one attached hydrogen (secondary N) is 3. The molecule has 2 aliphatic heterocycles. The van der Waals surface area contributed by atoms with Gasteiger partial charge in [0.1, 0.15) is 29.8 Å². The number of aromatic nitrogens is 4. The van der Waals surface area contributed by atoms with E-state index in [4.69, 9.17) is 19.6 Å². The molecule has 4 amide bonds. The maximum atomic E-state index is 13.9. The van der Waals surface area contributed by atoms with Crippen molar-refractivity contribution >= 4 is 35.1 Å². The topological polar surface area (TPSA) is 249 Å². The lowest BCUT2D eigenvalue weighted by molar-refractivity contribution is -0.135. The number of hydrogen-bond acceptors (Lipinski definition) is 14. The molecule has 19 heteroatoms. The number of anilines is 1. The molecular weight excluding hydrogens is 1180 g/mol. The number of aliphatic hydroxyl groups excluding tert-OH is 1. The lowest BCUT2D eigenvalue weighted by atomic mass is 9.85. The number of nitrogens with zero attached hydrogens (tertiary/aromatic N) is 6. The number of pyridine rings is 2. The standard InChI is InChI=1S/C31H35N3O5.C18H19N5O3.C6H14N2O.4C5H12/c1-22-20-25(8-9-26(22)39-21-23-6-3-2-4-7-23)29(35)27-28(24-10-12-32-13-11-24)34(31(37)30(27)36)15-5-14-33-16-18-38-19-17-33;1-18(2,17(25)20-11-15-6-4-8-26-15)23-12-14(10-21-23)22-16(24)13-5-3-7-19-9-13;1-6(2,3)8-4-5(7)9;4*1-5(2,3)4/h2-4,6-13,20,27-28,30,36H,5,14-19,21H2,1H3;3-10,12H,11H2,1-2H3,(H,20,25)(H,22,24);8H,4H2,1-3H3,(H2,7,9);4*1-4H3. The van der Waals surface area contributed by atoms with Gasteiger partial charge in [-0.15, -0.1) is 0 Å². The molecule has 6 aromatic rings. The first-order chi connectivity index (χ1) is 43.4. The smallest absolute Gasteiger partial charge is 0.257 e. The van der Waals surface area contributed by atoms with E-state index in [-0.39, 0.29) is 35.6 Å². The summed E-state index contributed by atoms with van der Waals surface area (Å²) in [6.07, 6.45) is 10.4. The molecular formula is C75H116N10O9. The Morgan fingerprint density at radius 1 is 0.691 bits per heavy atom. The second-order valence-corrected chi connectivity index (χ2v) is 31.4. The Balaban J connectivity index is 0.000000465. The minimum atomic E-state index is -1.41. The Hall–Kier alpha value is -7.58. The van der Waals surface area contributed by atoms with Gasteiger partial charge in [0.05, 0.1) is 62.0 Å². The Kier molecular flexibility index (Phi) is 34.0. The number of Topliss-reactive ketones (excluding diaryl/α,β-unsaturated/α-hetero) is 1. The molecule has 6 N–H and O–H groups in total. The van der Waals surface area contributed by atoms with Crippen LogP contribution in [0.5, 0.6) is 5.75 Å². The van der Waals surface area contributed by atoms with Gasteiger partial charge >= 0.3 is 0 Å². The van der Waals surface area contributed by atoms with Crippen molar-refractivity contribution in [3.05, 3.63) is 162 Å². The first-order valence-electron chi connectivity index (χ1n) is 32.5. The second kappa shape index (κ2) is 38.7. The van der Waals surface area contributed by atoms with E-state index < -0.39 is 29.5 Å². The van der Waals surface area contributed by atoms with Crippen molar-refractivity contribution in [1.82, 2.24) is 40.2 Å². The van der Waals surface area contributed by atoms with Crippen LogP contribution in [0.1, 0.15) is 201 Å². The normalized spacial score (nSPS) is 15.8. The van der Waals surface area contributed by atoms with Gasteiger partial charge in [-0.2, -0.15) is 5.10 Å². The van der Waals surface area contributed by atoms with E-state index >= 15 is 0 Å². The number of primary amides is 1. The van der Waals surface area contributed by atoms with Crippen molar-refractivity contribution < 1.29 is 43.0 Å². The van der Waals surface area contributed by atoms with E-state index in [9.17, 15) is 29.1 Å². The summed E-state index contributed by atoms with van der Waals surface area (Å²) in [5.41, 5.74) is 9.98. The number of furan rings is 1. The third-order valence-corrected chi connectivity index (χ3v) is 12.3. The number of aryl methyl sites for hydroxylation is 1. The highest BCUT2D eigenvalue weighted by Gasteiger charge is 2.51. The third kappa shape index (κ3) is 36.2. The first kappa shape index (κ1) is 82.5. The zero-order chi connectivity index (χ0) is 71.3. The zero-order valence-electron chi connectivity index (χ0n) is 60.9. The number of ketones is 1. The summed E-state index contributed by atoms with van der Waals surface area (Å²) in [4.78, 5) is 74.1. The molecule has 0 aliphatic carbocycles. The molecule has 8 rings (SSSR count). The van der Waals surface area contributed by atoms with E-state index in [0.29, 0.717) is 82.9 Å². The van der Waals surface area contributed by atoms with Gasteiger partial charge in [-0.1, -0.05) is 141 Å². The van der Waals surface area contributed by atoms with E-state index in [2.05, 4.69) is 147 Å². The summed E-state index contributed by atoms with van der Waals surface area (Å²) in [7, 11) is 0. The number of aliphatic hydroxyl groups is 1. The molecule has 3 unspecified atom stereocenters. The Labute approximate surface area is 563 Å². The monoisotopic (exact) mass is 1300 g/mol. The lowest BCUT2D eigenvalue weighted by Gasteiger charge is -2.30. The Morgan fingerprint density at radius 3 is 1.78 bits per heavy atom. The molecule has 0 radical (unpaired) electrons. The molecule has 2 aliphatic rings. The van der Waals surface area contributed by atoms with Crippen LogP contribution >= 0.6 is 0 Å². The van der Waals surface area contributed by atoms with Gasteiger partial charge in [0.2, 0.25) is 11.8 Å². The predicted octanol–water partition coefficient (Wildman–Crippen LogP) is 13.7. The lowest BCUT2D eigenvalue weighted by Crippen LogP contribution is -2.44. The number of amides is 4. The summed E-state index contributed by atoms with van der Waals surface area (Å²) in [5.74, 6) is -1.06. The molecule has 94 heavy (non-hydrogen) atoms. The SMILES string of the molecule is CC(C)(C(=O)NCc1ccco1)n1cc(NC(=O)c2cccnc2)cn1.CC(C)(C)C.CC(C)(C)C.CC(C)(C)C.CC(C)(C)C.CC(C)(C)NCC(N)=O.Cc1cc(C(=O)C2C(O)C(=O)N(CCCN3CCOCC3)C2c2ccncc2)ccc1OCc1ccccc1. The van der Waals surface area contributed by atoms with E-state index in [1.807, 2.05) is 70.2 Å². The van der Waals surface area contributed by atoms with Crippen molar-refractivity contribution in [3.63, 3.8) is 0 Å². The molecule has 2 saturated heterocycles. The van der Waals surface area contributed by atoms with Crippen LogP contribution in [-0.2, 0) is 37.8 Å². The van der Waals surface area contributed by atoms with Gasteiger partial charge in [-0.05, 0) is 141 Å². The van der Waals surface area contributed by atoms with Crippen molar-refractivity contribution in [1.29, 1.82) is 0 Å². The number of carbonyl (C=O) groups excluding carboxylic acids is 5. The molecule has 0 bridgehead atoms. The van der Waals surface area contributed by atoms with Gasteiger partial charge in [0.15, 0.2) is 5.78 Å². The molecule has 6 heterocycles. The predicted molar refractivity (Wildman–Crippen MR) is 378 cm³/mol. The van der Waals surface area contributed by atoms with Crippen LogP contribution in [0.15, 0.2) is 133 Å². The van der Waals surface area contributed by atoms with Gasteiger partial charge in [0.25, 0.3) is 11.8 Å². The van der Waals surface area contributed by atoms with Gasteiger partial charge in [0, 0.05) is 68.3 Å². The van der Waals surface area contributed by atoms with Crippen LogP contribution in [0.25, 0.3) is 0 Å².